The maximum atomic E-state index is 11.1. The highest BCUT2D eigenvalue weighted by Gasteiger charge is 2.27. The average molecular weight is 404 g/mol. The van der Waals surface area contributed by atoms with Gasteiger partial charge in [-0.25, -0.2) is 0 Å². The summed E-state index contributed by atoms with van der Waals surface area (Å²) in [6, 6.07) is 12.5. The van der Waals surface area contributed by atoms with Crippen molar-refractivity contribution in [3.05, 3.63) is 68.7 Å². The molecular formula is C20H22ClN3O4. The molecule has 8 heteroatoms. The number of hydrogen-bond donors (Lipinski definition) is 1. The van der Waals surface area contributed by atoms with Crippen LogP contribution >= 0.6 is 11.6 Å². The van der Waals surface area contributed by atoms with Gasteiger partial charge in [0, 0.05) is 36.0 Å². The summed E-state index contributed by atoms with van der Waals surface area (Å²) < 4.78 is 5.47. The zero-order valence-corrected chi connectivity index (χ0v) is 16.2. The van der Waals surface area contributed by atoms with Crippen LogP contribution in [0.15, 0.2) is 47.5 Å². The Morgan fingerprint density at radius 2 is 1.96 bits per heavy atom. The molecule has 0 unspecified atom stereocenters. The molecule has 2 aromatic carbocycles. The topological polar surface area (TPSA) is 88.2 Å². The summed E-state index contributed by atoms with van der Waals surface area (Å²) in [6.45, 7) is 4.92. The van der Waals surface area contributed by atoms with E-state index in [4.69, 9.17) is 16.3 Å². The van der Waals surface area contributed by atoms with Crippen LogP contribution in [-0.2, 0) is 4.74 Å². The zero-order valence-electron chi connectivity index (χ0n) is 15.5. The van der Waals surface area contributed by atoms with E-state index < -0.39 is 16.4 Å². The predicted molar refractivity (Wildman–Crippen MR) is 108 cm³/mol. The molecular weight excluding hydrogens is 382 g/mol. The summed E-state index contributed by atoms with van der Waals surface area (Å²) in [7, 11) is 0. The number of nitro benzene ring substituents is 1. The molecule has 1 N–H and O–H groups in total. The molecule has 0 aromatic heterocycles. The van der Waals surface area contributed by atoms with E-state index in [0.29, 0.717) is 13.2 Å². The number of nitro groups is 1. The Labute approximate surface area is 168 Å². The lowest BCUT2D eigenvalue weighted by Crippen LogP contribution is -2.42. The molecule has 0 aliphatic carbocycles. The molecule has 1 fully saturated rings. The second kappa shape index (κ2) is 9.14. The highest BCUT2D eigenvalue weighted by Crippen LogP contribution is 2.33. The van der Waals surface area contributed by atoms with E-state index in [1.807, 2.05) is 25.1 Å². The first kappa shape index (κ1) is 20.3. The molecule has 28 heavy (non-hydrogen) atoms. The van der Waals surface area contributed by atoms with Crippen molar-refractivity contribution in [2.45, 2.75) is 19.0 Å². The molecule has 0 saturated carbocycles. The van der Waals surface area contributed by atoms with Crippen LogP contribution in [0.4, 0.5) is 5.69 Å². The van der Waals surface area contributed by atoms with E-state index in [0.717, 1.165) is 24.7 Å². The quantitative estimate of drug-likeness (QED) is 0.449. The molecule has 0 spiro atoms. The second-order valence-electron chi connectivity index (χ2n) is 6.64. The Bertz CT molecular complexity index is 854. The number of halogens is 1. The van der Waals surface area contributed by atoms with E-state index in [2.05, 4.69) is 22.0 Å². The van der Waals surface area contributed by atoms with E-state index in [1.165, 1.54) is 12.3 Å². The van der Waals surface area contributed by atoms with Gasteiger partial charge >= 0.3 is 5.69 Å². The number of ether oxygens (including phenoxy) is 1. The van der Waals surface area contributed by atoms with Crippen LogP contribution in [0.25, 0.3) is 0 Å². The fourth-order valence-corrected chi connectivity index (χ4v) is 3.64. The van der Waals surface area contributed by atoms with Crippen molar-refractivity contribution in [3.63, 3.8) is 0 Å². The number of morpholine rings is 1. The minimum absolute atomic E-state index is 0.0256. The summed E-state index contributed by atoms with van der Waals surface area (Å²) in [6.07, 6.45) is 1.45. The molecule has 1 aliphatic heterocycles. The summed E-state index contributed by atoms with van der Waals surface area (Å²) >= 11 is 5.96. The van der Waals surface area contributed by atoms with Gasteiger partial charge in [-0.1, -0.05) is 41.9 Å². The van der Waals surface area contributed by atoms with Crippen molar-refractivity contribution in [1.29, 1.82) is 0 Å². The van der Waals surface area contributed by atoms with Crippen molar-refractivity contribution in [2.75, 3.05) is 26.3 Å². The van der Waals surface area contributed by atoms with Gasteiger partial charge in [-0.05, 0) is 18.6 Å². The van der Waals surface area contributed by atoms with Gasteiger partial charge in [0.1, 0.15) is 0 Å². The van der Waals surface area contributed by atoms with Gasteiger partial charge in [-0.2, -0.15) is 0 Å². The molecule has 3 rings (SSSR count). The summed E-state index contributed by atoms with van der Waals surface area (Å²) in [5, 5.41) is 21.4. The van der Waals surface area contributed by atoms with Crippen molar-refractivity contribution in [3.8, 4) is 5.75 Å². The van der Waals surface area contributed by atoms with Crippen LogP contribution in [-0.4, -0.2) is 53.5 Å². The van der Waals surface area contributed by atoms with E-state index in [1.54, 1.807) is 0 Å². The predicted octanol–water partition coefficient (Wildman–Crippen LogP) is 3.83. The second-order valence-corrected chi connectivity index (χ2v) is 7.08. The van der Waals surface area contributed by atoms with Crippen molar-refractivity contribution in [2.24, 2.45) is 4.99 Å². The first-order valence-corrected chi connectivity index (χ1v) is 9.42. The smallest absolute Gasteiger partial charge is 0.312 e. The molecule has 1 aliphatic rings. The maximum absolute atomic E-state index is 11.1. The van der Waals surface area contributed by atoms with Crippen molar-refractivity contribution < 1.29 is 14.8 Å². The lowest BCUT2D eigenvalue weighted by atomic mass is 9.98. The van der Waals surface area contributed by atoms with Gasteiger partial charge in [0.05, 0.1) is 30.2 Å². The minimum atomic E-state index is -0.664. The number of phenols is 1. The third kappa shape index (κ3) is 4.67. The molecule has 148 valence electrons. The lowest BCUT2D eigenvalue weighted by Gasteiger charge is -2.37. The first-order valence-electron chi connectivity index (χ1n) is 9.04. The van der Waals surface area contributed by atoms with Crippen molar-refractivity contribution in [1.82, 2.24) is 4.90 Å². The van der Waals surface area contributed by atoms with Gasteiger partial charge in [-0.3, -0.25) is 20.0 Å². The van der Waals surface area contributed by atoms with Crippen LogP contribution in [0.1, 0.15) is 24.1 Å². The standard InChI is InChI=1S/C20H22ClN3O4/c1-14(22-13-16-11-17(21)12-18(20(16)25)24(26)27)19(15-5-3-2-4-6-15)23-7-9-28-10-8-23/h2-6,11-14,19,25H,7-10H2,1H3/t14-,19-/m1/s1. The highest BCUT2D eigenvalue weighted by atomic mass is 35.5. The third-order valence-corrected chi connectivity index (χ3v) is 4.98. The normalized spacial score (nSPS) is 17.5. The molecule has 7 nitrogen and oxygen atoms in total. The third-order valence-electron chi connectivity index (χ3n) is 4.77. The zero-order chi connectivity index (χ0) is 20.1. The van der Waals surface area contributed by atoms with E-state index in [-0.39, 0.29) is 22.7 Å². The number of nitrogens with zero attached hydrogens (tertiary/aromatic N) is 3. The van der Waals surface area contributed by atoms with E-state index in [9.17, 15) is 15.2 Å². The number of benzene rings is 2. The van der Waals surface area contributed by atoms with Crippen LogP contribution in [0.2, 0.25) is 5.02 Å². The summed E-state index contributed by atoms with van der Waals surface area (Å²) in [4.78, 5) is 17.3. The monoisotopic (exact) mass is 403 g/mol. The average Bonchev–Trinajstić information content (AvgIpc) is 2.70. The van der Waals surface area contributed by atoms with Gasteiger partial charge < -0.3 is 9.84 Å². The molecule has 0 radical (unpaired) electrons. The van der Waals surface area contributed by atoms with E-state index >= 15 is 0 Å². The van der Waals surface area contributed by atoms with Gasteiger partial charge in [-0.15, -0.1) is 0 Å². The SMILES string of the molecule is C[C@@H](N=Cc1cc(Cl)cc([N+](=O)[O-])c1O)[C@H](c1ccccc1)N1CCOCC1. The molecule has 2 atom stereocenters. The number of aromatic hydroxyl groups is 1. The van der Waals surface area contributed by atoms with Crippen LogP contribution in [0, 0.1) is 10.1 Å². The largest absolute Gasteiger partial charge is 0.502 e. The number of hydrogen-bond acceptors (Lipinski definition) is 6. The number of rotatable bonds is 6. The van der Waals surface area contributed by atoms with Gasteiger partial charge in [0.15, 0.2) is 0 Å². The van der Waals surface area contributed by atoms with Gasteiger partial charge in [0.25, 0.3) is 0 Å². The fourth-order valence-electron chi connectivity index (χ4n) is 3.42. The maximum Gasteiger partial charge on any atom is 0.312 e. The Kier molecular flexibility index (Phi) is 6.61. The van der Waals surface area contributed by atoms with Gasteiger partial charge in [0.2, 0.25) is 5.75 Å². The number of aliphatic imine (C=N–C) groups is 1. The Morgan fingerprint density at radius 3 is 2.61 bits per heavy atom. The fraction of sp³-hybridized carbons (Fsp3) is 0.350. The minimum Gasteiger partial charge on any atom is -0.502 e. The summed E-state index contributed by atoms with van der Waals surface area (Å²) in [5.74, 6) is -0.437. The first-order chi connectivity index (χ1) is 13.5. The lowest BCUT2D eigenvalue weighted by molar-refractivity contribution is -0.385. The molecule has 1 heterocycles. The molecule has 0 amide bonds. The molecule has 0 bridgehead atoms. The van der Waals surface area contributed by atoms with Crippen LogP contribution in [0.3, 0.4) is 0 Å². The van der Waals surface area contributed by atoms with Crippen LogP contribution in [0.5, 0.6) is 5.75 Å². The van der Waals surface area contributed by atoms with Crippen molar-refractivity contribution >= 4 is 23.5 Å². The Balaban J connectivity index is 1.90. The Morgan fingerprint density at radius 1 is 1.29 bits per heavy atom. The Hall–Kier alpha value is -2.48. The molecule has 1 saturated heterocycles. The number of phenolic OH excluding ortho intramolecular Hbond substituents is 1. The molecule has 2 aromatic rings. The summed E-state index contributed by atoms with van der Waals surface area (Å²) in [5.41, 5.74) is 0.921. The van der Waals surface area contributed by atoms with Crippen LogP contribution < -0.4 is 0 Å². The highest BCUT2D eigenvalue weighted by molar-refractivity contribution is 6.31.